The predicted octanol–water partition coefficient (Wildman–Crippen LogP) is 4.21. The molecule has 1 aromatic heterocycles. The molecule has 2 aromatic carbocycles. The zero-order valence-corrected chi connectivity index (χ0v) is 15.2. The summed E-state index contributed by atoms with van der Waals surface area (Å²) in [6.45, 7) is 4.03. The maximum absolute atomic E-state index is 12.8. The van der Waals surface area contributed by atoms with E-state index in [1.54, 1.807) is 6.20 Å². The van der Waals surface area contributed by atoms with Gasteiger partial charge < -0.3 is 9.88 Å². The van der Waals surface area contributed by atoms with Crippen LogP contribution in [0.3, 0.4) is 0 Å². The van der Waals surface area contributed by atoms with Gasteiger partial charge in [0.2, 0.25) is 0 Å². The number of imidazole rings is 1. The van der Waals surface area contributed by atoms with E-state index in [9.17, 15) is 4.79 Å². The Hall–Kier alpha value is -2.59. The first kappa shape index (κ1) is 17.2. The van der Waals surface area contributed by atoms with E-state index >= 15 is 0 Å². The fourth-order valence-electron chi connectivity index (χ4n) is 2.70. The van der Waals surface area contributed by atoms with Crippen molar-refractivity contribution in [1.82, 2.24) is 14.9 Å². The van der Waals surface area contributed by atoms with Gasteiger partial charge in [0.25, 0.3) is 5.91 Å². The standard InChI is InChI=1S/C20H20ClN3O/c1-13-4-5-16(12-14(13)2)20(25)23-18(19-22-10-11-24(19)3)15-6-8-17(21)9-7-15/h4-12,18H,1-3H3,(H,23,25)/t18-/m1/s1. The van der Waals surface area contributed by atoms with Crippen molar-refractivity contribution in [3.05, 3.63) is 88.0 Å². The number of hydrogen-bond acceptors (Lipinski definition) is 2. The number of aromatic nitrogens is 2. The molecule has 0 saturated carbocycles. The van der Waals surface area contributed by atoms with Gasteiger partial charge >= 0.3 is 0 Å². The normalized spacial score (nSPS) is 12.0. The van der Waals surface area contributed by atoms with E-state index in [2.05, 4.69) is 10.3 Å². The lowest BCUT2D eigenvalue weighted by molar-refractivity contribution is 0.0941. The van der Waals surface area contributed by atoms with Crippen molar-refractivity contribution in [3.8, 4) is 0 Å². The molecule has 5 heteroatoms. The highest BCUT2D eigenvalue weighted by molar-refractivity contribution is 6.30. The first-order chi connectivity index (χ1) is 12.0. The number of hydrogen-bond donors (Lipinski definition) is 1. The number of nitrogens with zero attached hydrogens (tertiary/aromatic N) is 2. The highest BCUT2D eigenvalue weighted by Gasteiger charge is 2.21. The molecular weight excluding hydrogens is 334 g/mol. The summed E-state index contributed by atoms with van der Waals surface area (Å²) < 4.78 is 1.90. The van der Waals surface area contributed by atoms with E-state index in [0.717, 1.165) is 22.5 Å². The van der Waals surface area contributed by atoms with Crippen LogP contribution < -0.4 is 5.32 Å². The number of carbonyl (C=O) groups excluding carboxylic acids is 1. The summed E-state index contributed by atoms with van der Waals surface area (Å²) in [5.41, 5.74) is 3.81. The second-order valence-corrected chi connectivity index (χ2v) is 6.59. The van der Waals surface area contributed by atoms with Gasteiger partial charge in [-0.25, -0.2) is 4.98 Å². The van der Waals surface area contributed by atoms with Crippen LogP contribution >= 0.6 is 11.6 Å². The highest BCUT2D eigenvalue weighted by Crippen LogP contribution is 2.23. The second-order valence-electron chi connectivity index (χ2n) is 6.15. The molecule has 0 aliphatic rings. The maximum atomic E-state index is 12.8. The molecule has 3 rings (SSSR count). The summed E-state index contributed by atoms with van der Waals surface area (Å²) in [7, 11) is 1.91. The highest BCUT2D eigenvalue weighted by atomic mass is 35.5. The molecule has 4 nitrogen and oxygen atoms in total. The minimum absolute atomic E-state index is 0.133. The van der Waals surface area contributed by atoms with Crippen molar-refractivity contribution < 1.29 is 4.79 Å². The van der Waals surface area contributed by atoms with Gasteiger partial charge in [0.15, 0.2) is 0 Å². The second kappa shape index (κ2) is 7.11. The van der Waals surface area contributed by atoms with E-state index in [-0.39, 0.29) is 11.9 Å². The van der Waals surface area contributed by atoms with Crippen molar-refractivity contribution >= 4 is 17.5 Å². The van der Waals surface area contributed by atoms with Crippen molar-refractivity contribution in [2.24, 2.45) is 7.05 Å². The van der Waals surface area contributed by atoms with Crippen LogP contribution in [0.4, 0.5) is 0 Å². The molecular formula is C20H20ClN3O. The first-order valence-electron chi connectivity index (χ1n) is 8.06. The van der Waals surface area contributed by atoms with Crippen molar-refractivity contribution in [1.29, 1.82) is 0 Å². The maximum Gasteiger partial charge on any atom is 0.252 e. The predicted molar refractivity (Wildman–Crippen MR) is 99.9 cm³/mol. The SMILES string of the molecule is Cc1ccc(C(=O)N[C@H](c2ccc(Cl)cc2)c2nccn2C)cc1C. The lowest BCUT2D eigenvalue weighted by Crippen LogP contribution is -2.31. The smallest absolute Gasteiger partial charge is 0.252 e. The Balaban J connectivity index is 1.94. The van der Waals surface area contributed by atoms with Gasteiger partial charge in [-0.2, -0.15) is 0 Å². The summed E-state index contributed by atoms with van der Waals surface area (Å²) in [4.78, 5) is 17.2. The molecule has 25 heavy (non-hydrogen) atoms. The number of nitrogens with one attached hydrogen (secondary N) is 1. The number of amides is 1. The van der Waals surface area contributed by atoms with Crippen LogP contribution in [0.15, 0.2) is 54.9 Å². The van der Waals surface area contributed by atoms with E-state index < -0.39 is 0 Å². The number of rotatable bonds is 4. The summed E-state index contributed by atoms with van der Waals surface area (Å²) in [5, 5.41) is 3.75. The largest absolute Gasteiger partial charge is 0.338 e. The van der Waals surface area contributed by atoms with E-state index in [4.69, 9.17) is 11.6 Å². The van der Waals surface area contributed by atoms with Crippen molar-refractivity contribution in [3.63, 3.8) is 0 Å². The van der Waals surface area contributed by atoms with E-state index in [0.29, 0.717) is 10.6 Å². The van der Waals surface area contributed by atoms with E-state index in [1.807, 2.05) is 74.1 Å². The lowest BCUT2D eigenvalue weighted by Gasteiger charge is -2.19. The Morgan fingerprint density at radius 3 is 2.44 bits per heavy atom. The number of benzene rings is 2. The minimum atomic E-state index is -0.355. The third kappa shape index (κ3) is 3.74. The molecule has 0 bridgehead atoms. The summed E-state index contributed by atoms with van der Waals surface area (Å²) in [6.07, 6.45) is 3.58. The number of carbonyl (C=O) groups is 1. The average Bonchev–Trinajstić information content (AvgIpc) is 3.01. The van der Waals surface area contributed by atoms with Gasteiger partial charge in [-0.15, -0.1) is 0 Å². The minimum Gasteiger partial charge on any atom is -0.338 e. The Kier molecular flexibility index (Phi) is 4.91. The monoisotopic (exact) mass is 353 g/mol. The molecule has 0 spiro atoms. The van der Waals surface area contributed by atoms with Crippen LogP contribution in [0.25, 0.3) is 0 Å². The third-order valence-electron chi connectivity index (χ3n) is 4.36. The molecule has 0 saturated heterocycles. The van der Waals surface area contributed by atoms with Gasteiger partial charge in [-0.1, -0.05) is 29.8 Å². The average molecular weight is 354 g/mol. The van der Waals surface area contributed by atoms with Crippen LogP contribution in [0.2, 0.25) is 5.02 Å². The van der Waals surface area contributed by atoms with Crippen LogP contribution in [0.1, 0.15) is 38.9 Å². The third-order valence-corrected chi connectivity index (χ3v) is 4.62. The molecule has 0 aliphatic heterocycles. The molecule has 3 aromatic rings. The zero-order chi connectivity index (χ0) is 18.0. The summed E-state index contributed by atoms with van der Waals surface area (Å²) >= 11 is 6.00. The molecule has 0 unspecified atom stereocenters. The first-order valence-corrected chi connectivity index (χ1v) is 8.44. The molecule has 1 atom stereocenters. The van der Waals surface area contributed by atoms with Crippen LogP contribution in [-0.2, 0) is 7.05 Å². The molecule has 1 amide bonds. The molecule has 1 heterocycles. The lowest BCUT2D eigenvalue weighted by atomic mass is 10.0. The van der Waals surface area contributed by atoms with Gasteiger partial charge in [0.1, 0.15) is 11.9 Å². The fraction of sp³-hybridized carbons (Fsp3) is 0.200. The zero-order valence-electron chi connectivity index (χ0n) is 14.5. The van der Waals surface area contributed by atoms with Crippen molar-refractivity contribution in [2.75, 3.05) is 0 Å². The molecule has 0 fully saturated rings. The molecule has 1 N–H and O–H groups in total. The Morgan fingerprint density at radius 1 is 1.12 bits per heavy atom. The van der Waals surface area contributed by atoms with Gasteiger partial charge in [0, 0.05) is 30.0 Å². The molecule has 0 aliphatic carbocycles. The Labute approximate surface area is 152 Å². The Bertz CT molecular complexity index is 900. The van der Waals surface area contributed by atoms with Gasteiger partial charge in [-0.05, 0) is 54.8 Å². The van der Waals surface area contributed by atoms with Crippen LogP contribution in [-0.4, -0.2) is 15.5 Å². The van der Waals surface area contributed by atoms with Crippen molar-refractivity contribution in [2.45, 2.75) is 19.9 Å². The molecule has 128 valence electrons. The number of halogens is 1. The Morgan fingerprint density at radius 2 is 1.84 bits per heavy atom. The number of aryl methyl sites for hydroxylation is 3. The van der Waals surface area contributed by atoms with Gasteiger partial charge in [0.05, 0.1) is 0 Å². The quantitative estimate of drug-likeness (QED) is 0.763. The van der Waals surface area contributed by atoms with Crippen LogP contribution in [0.5, 0.6) is 0 Å². The topological polar surface area (TPSA) is 46.9 Å². The van der Waals surface area contributed by atoms with E-state index in [1.165, 1.54) is 0 Å². The molecule has 0 radical (unpaired) electrons. The van der Waals surface area contributed by atoms with Gasteiger partial charge in [-0.3, -0.25) is 4.79 Å². The van der Waals surface area contributed by atoms with Crippen LogP contribution in [0, 0.1) is 13.8 Å². The fourth-order valence-corrected chi connectivity index (χ4v) is 2.83. The summed E-state index contributed by atoms with van der Waals surface area (Å²) in [6, 6.07) is 12.8. The summed E-state index contributed by atoms with van der Waals surface area (Å²) in [5.74, 6) is 0.630.